The Morgan fingerprint density at radius 1 is 1.44 bits per heavy atom. The molecule has 25 heavy (non-hydrogen) atoms. The lowest BCUT2D eigenvalue weighted by Gasteiger charge is -2.27. The molecule has 140 valence electrons. The van der Waals surface area contributed by atoms with Gasteiger partial charge < -0.3 is 10.4 Å². The highest BCUT2D eigenvalue weighted by Crippen LogP contribution is 2.32. The Morgan fingerprint density at radius 3 is 2.84 bits per heavy atom. The molecule has 2 N–H and O–H groups in total. The van der Waals surface area contributed by atoms with Crippen LogP contribution in [0.5, 0.6) is 0 Å². The van der Waals surface area contributed by atoms with Crippen LogP contribution in [-0.4, -0.2) is 39.9 Å². The van der Waals surface area contributed by atoms with Crippen molar-refractivity contribution in [3.05, 3.63) is 6.20 Å². The van der Waals surface area contributed by atoms with Gasteiger partial charge in [0.2, 0.25) is 5.91 Å². The van der Waals surface area contributed by atoms with Crippen LogP contribution in [0.3, 0.4) is 0 Å². The first-order chi connectivity index (χ1) is 11.9. The van der Waals surface area contributed by atoms with Gasteiger partial charge in [-0.25, -0.2) is 9.29 Å². The SMILES string of the molecule is CC(CCC(=O)Nc1ncc(SN(C)CC(=O)O)s1)C1CCCCC1. The minimum atomic E-state index is -0.875. The van der Waals surface area contributed by atoms with Crippen molar-refractivity contribution in [2.45, 2.75) is 56.1 Å². The van der Waals surface area contributed by atoms with Crippen molar-refractivity contribution in [3.8, 4) is 0 Å². The van der Waals surface area contributed by atoms with E-state index in [2.05, 4.69) is 17.2 Å². The number of carbonyl (C=O) groups excluding carboxylic acids is 1. The van der Waals surface area contributed by atoms with Crippen LogP contribution in [-0.2, 0) is 9.59 Å². The average molecular weight is 386 g/mol. The zero-order valence-corrected chi connectivity index (χ0v) is 16.5. The third-order valence-electron chi connectivity index (χ3n) is 4.62. The molecule has 1 aliphatic carbocycles. The summed E-state index contributed by atoms with van der Waals surface area (Å²) in [5.74, 6) is 0.500. The van der Waals surface area contributed by atoms with Gasteiger partial charge in [0.15, 0.2) is 5.13 Å². The van der Waals surface area contributed by atoms with Crippen LogP contribution in [0.2, 0.25) is 0 Å². The first-order valence-electron chi connectivity index (χ1n) is 8.80. The van der Waals surface area contributed by atoms with Gasteiger partial charge in [0.1, 0.15) is 6.54 Å². The van der Waals surface area contributed by atoms with Crippen LogP contribution >= 0.6 is 23.3 Å². The van der Waals surface area contributed by atoms with Gasteiger partial charge in [-0.05, 0) is 37.3 Å². The van der Waals surface area contributed by atoms with Gasteiger partial charge in [-0.1, -0.05) is 50.4 Å². The average Bonchev–Trinajstić information content (AvgIpc) is 2.99. The maximum absolute atomic E-state index is 12.1. The Bertz CT molecular complexity index is 573. The maximum atomic E-state index is 12.1. The lowest BCUT2D eigenvalue weighted by Crippen LogP contribution is -2.18. The van der Waals surface area contributed by atoms with E-state index in [-0.39, 0.29) is 12.5 Å². The lowest BCUT2D eigenvalue weighted by atomic mass is 9.79. The molecule has 1 aliphatic rings. The topological polar surface area (TPSA) is 82.5 Å². The van der Waals surface area contributed by atoms with Crippen LogP contribution < -0.4 is 5.32 Å². The second-order valence-corrected chi connectivity index (χ2v) is 9.25. The molecule has 1 unspecified atom stereocenters. The van der Waals surface area contributed by atoms with Crippen LogP contribution in [0.1, 0.15) is 51.9 Å². The number of anilines is 1. The predicted octanol–water partition coefficient (Wildman–Crippen LogP) is 4.10. The molecule has 8 heteroatoms. The second-order valence-electron chi connectivity index (χ2n) is 6.72. The zero-order chi connectivity index (χ0) is 18.2. The van der Waals surface area contributed by atoms with E-state index in [4.69, 9.17) is 5.11 Å². The van der Waals surface area contributed by atoms with Crippen molar-refractivity contribution >= 4 is 40.3 Å². The van der Waals surface area contributed by atoms with E-state index in [1.165, 1.54) is 55.4 Å². The molecule has 0 spiro atoms. The highest BCUT2D eigenvalue weighted by molar-refractivity contribution is 7.99. The number of carboxylic acid groups (broad SMARTS) is 1. The summed E-state index contributed by atoms with van der Waals surface area (Å²) in [5.41, 5.74) is 0. The second kappa shape index (κ2) is 10.1. The third kappa shape index (κ3) is 7.33. The van der Waals surface area contributed by atoms with Gasteiger partial charge in [-0.15, -0.1) is 0 Å². The van der Waals surface area contributed by atoms with Gasteiger partial charge in [-0.3, -0.25) is 9.59 Å². The lowest BCUT2D eigenvalue weighted by molar-refractivity contribution is -0.136. The molecule has 1 aromatic rings. The number of aliphatic carboxylic acids is 1. The van der Waals surface area contributed by atoms with Gasteiger partial charge in [0, 0.05) is 6.42 Å². The summed E-state index contributed by atoms with van der Waals surface area (Å²) < 4.78 is 2.47. The molecule has 1 atom stereocenters. The molecule has 0 aliphatic heterocycles. The van der Waals surface area contributed by atoms with Crippen molar-refractivity contribution in [1.82, 2.24) is 9.29 Å². The van der Waals surface area contributed by atoms with Crippen molar-refractivity contribution in [3.63, 3.8) is 0 Å². The highest BCUT2D eigenvalue weighted by atomic mass is 32.2. The van der Waals surface area contributed by atoms with Gasteiger partial charge >= 0.3 is 5.97 Å². The molecule has 6 nitrogen and oxygen atoms in total. The van der Waals surface area contributed by atoms with Crippen molar-refractivity contribution in [2.24, 2.45) is 11.8 Å². The summed E-state index contributed by atoms with van der Waals surface area (Å²) in [6, 6.07) is 0. The molecule has 0 aromatic carbocycles. The molecule has 1 heterocycles. The van der Waals surface area contributed by atoms with Gasteiger partial charge in [-0.2, -0.15) is 0 Å². The summed E-state index contributed by atoms with van der Waals surface area (Å²) in [4.78, 5) is 27.0. The molecule has 0 bridgehead atoms. The number of nitrogens with zero attached hydrogens (tertiary/aromatic N) is 2. The summed E-state index contributed by atoms with van der Waals surface area (Å²) >= 11 is 2.68. The number of amides is 1. The standard InChI is InChI=1S/C17H27N3O3S2/c1-12(13-6-4-3-5-7-13)8-9-14(21)19-17-18-10-16(24-17)25-20(2)11-15(22)23/h10,12-13H,3-9,11H2,1-2H3,(H,22,23)(H,18,19,21). The largest absolute Gasteiger partial charge is 0.480 e. The smallest absolute Gasteiger partial charge is 0.318 e. The molecule has 1 amide bonds. The Kier molecular flexibility index (Phi) is 8.18. The molecule has 1 saturated carbocycles. The van der Waals surface area contributed by atoms with Crippen LogP contribution in [0.15, 0.2) is 10.4 Å². The van der Waals surface area contributed by atoms with Crippen molar-refractivity contribution in [2.75, 3.05) is 18.9 Å². The molecule has 0 radical (unpaired) electrons. The minimum absolute atomic E-state index is 0.00690. The molecule has 0 saturated heterocycles. The molecule has 2 rings (SSSR count). The van der Waals surface area contributed by atoms with E-state index >= 15 is 0 Å². The summed E-state index contributed by atoms with van der Waals surface area (Å²) in [6.45, 7) is 2.21. The Morgan fingerprint density at radius 2 is 2.16 bits per heavy atom. The number of rotatable bonds is 9. The van der Waals surface area contributed by atoms with Gasteiger partial charge in [0.05, 0.1) is 10.4 Å². The number of thiazole rings is 1. The number of carboxylic acids is 1. The van der Waals surface area contributed by atoms with Crippen LogP contribution in [0.25, 0.3) is 0 Å². The number of nitrogens with one attached hydrogen (secondary N) is 1. The van der Waals surface area contributed by atoms with E-state index in [0.717, 1.165) is 16.5 Å². The number of likely N-dealkylation sites (N-methyl/N-ethyl adjacent to an activating group) is 1. The minimum Gasteiger partial charge on any atom is -0.480 e. The Balaban J connectivity index is 1.72. The van der Waals surface area contributed by atoms with Gasteiger partial charge in [0.25, 0.3) is 0 Å². The Labute approximate surface area is 157 Å². The van der Waals surface area contributed by atoms with Crippen LogP contribution in [0, 0.1) is 11.8 Å². The first-order valence-corrected chi connectivity index (χ1v) is 10.4. The molecular formula is C17H27N3O3S2. The fourth-order valence-corrected chi connectivity index (χ4v) is 5.13. The monoisotopic (exact) mass is 385 g/mol. The van der Waals surface area contributed by atoms with E-state index in [0.29, 0.717) is 17.5 Å². The molecule has 1 aromatic heterocycles. The molecule has 1 fully saturated rings. The van der Waals surface area contributed by atoms with Crippen molar-refractivity contribution < 1.29 is 14.7 Å². The van der Waals surface area contributed by atoms with Crippen molar-refractivity contribution in [1.29, 1.82) is 0 Å². The van der Waals surface area contributed by atoms with E-state index in [1.807, 2.05) is 0 Å². The third-order valence-corrected chi connectivity index (χ3v) is 6.52. The van der Waals surface area contributed by atoms with E-state index in [9.17, 15) is 9.59 Å². The summed E-state index contributed by atoms with van der Waals surface area (Å²) in [7, 11) is 1.71. The first kappa shape index (κ1) is 20.2. The fourth-order valence-electron chi connectivity index (χ4n) is 3.22. The highest BCUT2D eigenvalue weighted by Gasteiger charge is 2.20. The normalized spacial score (nSPS) is 16.8. The van der Waals surface area contributed by atoms with E-state index in [1.54, 1.807) is 17.5 Å². The molecular weight excluding hydrogens is 358 g/mol. The summed E-state index contributed by atoms with van der Waals surface area (Å²) in [6.07, 6.45) is 9.74. The fraction of sp³-hybridized carbons (Fsp3) is 0.706. The summed E-state index contributed by atoms with van der Waals surface area (Å²) in [5, 5.41) is 12.2. The quantitative estimate of drug-likeness (QED) is 0.623. The number of hydrogen-bond acceptors (Lipinski definition) is 6. The zero-order valence-electron chi connectivity index (χ0n) is 14.9. The Hall–Kier alpha value is -1.12. The maximum Gasteiger partial charge on any atom is 0.318 e. The van der Waals surface area contributed by atoms with E-state index < -0.39 is 5.97 Å². The van der Waals surface area contributed by atoms with Crippen LogP contribution in [0.4, 0.5) is 5.13 Å². The predicted molar refractivity (Wildman–Crippen MR) is 102 cm³/mol. The number of hydrogen-bond donors (Lipinski definition) is 2. The number of carbonyl (C=O) groups is 2. The number of aromatic nitrogens is 1.